The third-order valence-corrected chi connectivity index (χ3v) is 7.84. The van der Waals surface area contributed by atoms with E-state index < -0.39 is 38.6 Å². The Morgan fingerprint density at radius 3 is 1.62 bits per heavy atom. The van der Waals surface area contributed by atoms with E-state index in [2.05, 4.69) is 60.1 Å². The van der Waals surface area contributed by atoms with Gasteiger partial charge < -0.3 is 24.4 Å². The molecule has 0 saturated heterocycles. The number of aliphatic hydroxyl groups is 1. The van der Waals surface area contributed by atoms with E-state index in [1.165, 1.54) is 19.3 Å². The van der Waals surface area contributed by atoms with Crippen molar-refractivity contribution in [1.82, 2.24) is 0 Å². The molecule has 3 N–H and O–H groups in total. The highest BCUT2D eigenvalue weighted by Gasteiger charge is 2.22. The van der Waals surface area contributed by atoms with Crippen LogP contribution in [-0.4, -0.2) is 52.3 Å². The zero-order valence-electron chi connectivity index (χ0n) is 32.2. The smallest absolute Gasteiger partial charge is 0.462 e. The topological polar surface area (TPSA) is 140 Å². The summed E-state index contributed by atoms with van der Waals surface area (Å²) in [6.07, 6.45) is 48.7. The standard InChI is InChI=1S/C43H67O9P/c1-3-5-7-8-9-10-11-12-13-14-15-16-21-24-27-30-33-37-43(46)52-41(39-51-53(47,48)49)38-50-42(45)36-32-29-26-23-20-18-17-19-22-25-28-31-35-40(44)34-6-4-2/h6,9-10,12-13,15-18,22-28,31,34,40-41,44H,3-5,7-8,11,14,19-21,29-30,32-33,35-39H2,1-2H3,(H2,47,48,49)/b10-9-,13-12-,16-15-,18-17-,25-22-,26-23-,27-24-,31-28+,34-6-/t40?,41-/m1/s1. The summed E-state index contributed by atoms with van der Waals surface area (Å²) in [7, 11) is -4.80. The number of allylic oxidation sites excluding steroid dienone is 16. The van der Waals surface area contributed by atoms with Gasteiger partial charge in [-0.2, -0.15) is 0 Å². The molecule has 2 atom stereocenters. The molecule has 0 aromatic heterocycles. The average Bonchev–Trinajstić information content (AvgIpc) is 3.12. The molecule has 0 radical (unpaired) electrons. The molecule has 0 aliphatic carbocycles. The largest absolute Gasteiger partial charge is 0.469 e. The first-order valence-corrected chi connectivity index (χ1v) is 20.8. The van der Waals surface area contributed by atoms with Gasteiger partial charge in [0.2, 0.25) is 0 Å². The lowest BCUT2D eigenvalue weighted by atomic mass is 10.2. The monoisotopic (exact) mass is 758 g/mol. The molecular weight excluding hydrogens is 691 g/mol. The molecule has 0 aliphatic heterocycles. The summed E-state index contributed by atoms with van der Waals surface area (Å²) in [5.74, 6) is -1.06. The highest BCUT2D eigenvalue weighted by Crippen LogP contribution is 2.35. The number of rotatable bonds is 33. The molecule has 0 amide bonds. The van der Waals surface area contributed by atoms with Crippen molar-refractivity contribution in [3.63, 3.8) is 0 Å². The van der Waals surface area contributed by atoms with Crippen molar-refractivity contribution >= 4 is 19.8 Å². The van der Waals surface area contributed by atoms with E-state index in [1.807, 2.05) is 67.7 Å². The first kappa shape index (κ1) is 49.7. The number of carbonyl (C=O) groups excluding carboxylic acids is 2. The predicted octanol–water partition coefficient (Wildman–Crippen LogP) is 10.6. The van der Waals surface area contributed by atoms with Gasteiger partial charge in [0, 0.05) is 12.8 Å². The Hall–Kier alpha value is -3.33. The van der Waals surface area contributed by atoms with Crippen LogP contribution in [0, 0.1) is 0 Å². The van der Waals surface area contributed by atoms with Gasteiger partial charge in [0.1, 0.15) is 6.61 Å². The van der Waals surface area contributed by atoms with E-state index in [1.54, 1.807) is 0 Å². The SMILES string of the molecule is CC/C=C\C(O)C/C=C/C=C\C/C=C\C/C=C\CCCC(=O)OC[C@H](COP(=O)(O)O)OC(=O)CCC/C=C\C/C=C\C/C=C\C/C=C\CCCCC. The molecule has 0 bridgehead atoms. The Morgan fingerprint density at radius 2 is 1.09 bits per heavy atom. The second-order valence-corrected chi connectivity index (χ2v) is 13.6. The molecule has 9 nitrogen and oxygen atoms in total. The van der Waals surface area contributed by atoms with Gasteiger partial charge in [-0.15, -0.1) is 0 Å². The summed E-state index contributed by atoms with van der Waals surface area (Å²) >= 11 is 0. The van der Waals surface area contributed by atoms with Crippen molar-refractivity contribution in [2.75, 3.05) is 13.2 Å². The van der Waals surface area contributed by atoms with E-state index in [0.29, 0.717) is 32.1 Å². The number of ether oxygens (including phenoxy) is 2. The first-order chi connectivity index (χ1) is 25.7. The molecule has 0 aliphatic rings. The lowest BCUT2D eigenvalue weighted by Gasteiger charge is -2.18. The molecule has 10 heteroatoms. The molecule has 0 aromatic carbocycles. The Bertz CT molecular complexity index is 1230. The predicted molar refractivity (Wildman–Crippen MR) is 217 cm³/mol. The van der Waals surface area contributed by atoms with Gasteiger partial charge in [-0.05, 0) is 83.5 Å². The third kappa shape index (κ3) is 39.7. The fourth-order valence-electron chi connectivity index (χ4n) is 4.48. The van der Waals surface area contributed by atoms with Crippen LogP contribution in [0.1, 0.15) is 123 Å². The number of esters is 2. The number of unbranched alkanes of at least 4 members (excludes halogenated alkanes) is 5. The second-order valence-electron chi connectivity index (χ2n) is 12.4. The Morgan fingerprint density at radius 1 is 0.604 bits per heavy atom. The first-order valence-electron chi connectivity index (χ1n) is 19.3. The maximum Gasteiger partial charge on any atom is 0.469 e. The van der Waals surface area contributed by atoms with Crippen molar-refractivity contribution in [3.8, 4) is 0 Å². The van der Waals surface area contributed by atoms with Crippen molar-refractivity contribution in [2.24, 2.45) is 0 Å². The number of phosphoric acid groups is 1. The number of hydrogen-bond donors (Lipinski definition) is 3. The van der Waals surface area contributed by atoms with Crippen LogP contribution in [0.2, 0.25) is 0 Å². The minimum atomic E-state index is -4.80. The minimum Gasteiger partial charge on any atom is -0.462 e. The molecule has 0 rings (SSSR count). The van der Waals surface area contributed by atoms with Gasteiger partial charge >= 0.3 is 19.8 Å². The molecule has 0 aromatic rings. The van der Waals surface area contributed by atoms with E-state index in [-0.39, 0.29) is 19.4 Å². The lowest BCUT2D eigenvalue weighted by molar-refractivity contribution is -0.161. The second kappa shape index (κ2) is 37.0. The van der Waals surface area contributed by atoms with Crippen LogP contribution in [0.5, 0.6) is 0 Å². The van der Waals surface area contributed by atoms with Crippen molar-refractivity contribution in [2.45, 2.75) is 135 Å². The van der Waals surface area contributed by atoms with E-state index in [9.17, 15) is 19.3 Å². The van der Waals surface area contributed by atoms with Crippen LogP contribution >= 0.6 is 7.82 Å². The number of phosphoric ester groups is 1. The van der Waals surface area contributed by atoms with Crippen molar-refractivity contribution in [3.05, 3.63) is 109 Å². The highest BCUT2D eigenvalue weighted by atomic mass is 31.2. The highest BCUT2D eigenvalue weighted by molar-refractivity contribution is 7.46. The van der Waals surface area contributed by atoms with Crippen LogP contribution in [0.4, 0.5) is 0 Å². The van der Waals surface area contributed by atoms with Crippen LogP contribution in [-0.2, 0) is 28.2 Å². The molecule has 1 unspecified atom stereocenters. The van der Waals surface area contributed by atoms with Crippen LogP contribution in [0.15, 0.2) is 109 Å². The lowest BCUT2D eigenvalue weighted by Crippen LogP contribution is -2.29. The minimum absolute atomic E-state index is 0.108. The zero-order chi connectivity index (χ0) is 39.1. The molecule has 0 spiro atoms. The third-order valence-electron chi connectivity index (χ3n) is 7.35. The van der Waals surface area contributed by atoms with Crippen molar-refractivity contribution < 1.29 is 43.0 Å². The number of aliphatic hydroxyl groups excluding tert-OH is 1. The Labute approximate surface area is 319 Å². The van der Waals surface area contributed by atoms with Crippen LogP contribution < -0.4 is 0 Å². The maximum absolute atomic E-state index is 12.4. The van der Waals surface area contributed by atoms with Gasteiger partial charge in [-0.25, -0.2) is 4.57 Å². The Balaban J connectivity index is 4.22. The maximum atomic E-state index is 12.4. The molecule has 0 fully saturated rings. The van der Waals surface area contributed by atoms with Gasteiger partial charge in [0.15, 0.2) is 6.10 Å². The van der Waals surface area contributed by atoms with Gasteiger partial charge in [-0.1, -0.05) is 136 Å². The van der Waals surface area contributed by atoms with Crippen molar-refractivity contribution in [1.29, 1.82) is 0 Å². The van der Waals surface area contributed by atoms with Gasteiger partial charge in [0.05, 0.1) is 12.7 Å². The van der Waals surface area contributed by atoms with E-state index >= 15 is 0 Å². The summed E-state index contributed by atoms with van der Waals surface area (Å²) in [5, 5.41) is 9.73. The summed E-state index contributed by atoms with van der Waals surface area (Å²) < 4.78 is 26.2. The number of hydrogen-bond acceptors (Lipinski definition) is 7. The molecule has 0 saturated carbocycles. The molecule has 298 valence electrons. The normalized spacial score (nSPS) is 14.3. The molecule has 0 heterocycles. The van der Waals surface area contributed by atoms with Gasteiger partial charge in [0.25, 0.3) is 0 Å². The van der Waals surface area contributed by atoms with E-state index in [4.69, 9.17) is 19.3 Å². The summed E-state index contributed by atoms with van der Waals surface area (Å²) in [6, 6.07) is 0. The summed E-state index contributed by atoms with van der Waals surface area (Å²) in [4.78, 5) is 42.7. The average molecular weight is 759 g/mol. The fourth-order valence-corrected chi connectivity index (χ4v) is 4.84. The number of carbonyl (C=O) groups is 2. The molecular formula is C43H67O9P. The van der Waals surface area contributed by atoms with E-state index in [0.717, 1.165) is 44.9 Å². The van der Waals surface area contributed by atoms with Crippen LogP contribution in [0.3, 0.4) is 0 Å². The Kier molecular flexibility index (Phi) is 34.7. The quantitative estimate of drug-likeness (QED) is 0.0196. The van der Waals surface area contributed by atoms with Crippen LogP contribution in [0.25, 0.3) is 0 Å². The fraction of sp³-hybridized carbons (Fsp3) is 0.535. The summed E-state index contributed by atoms with van der Waals surface area (Å²) in [6.45, 7) is 3.29. The summed E-state index contributed by atoms with van der Waals surface area (Å²) in [5.41, 5.74) is 0. The molecule has 53 heavy (non-hydrogen) atoms. The zero-order valence-corrected chi connectivity index (χ0v) is 33.1. The van der Waals surface area contributed by atoms with Gasteiger partial charge in [-0.3, -0.25) is 14.1 Å².